The Balaban J connectivity index is 1.76. The average molecular weight is 334 g/mol. The van der Waals surface area contributed by atoms with Crippen molar-refractivity contribution in [1.82, 2.24) is 4.98 Å². The Morgan fingerprint density at radius 3 is 2.42 bits per heavy atom. The second-order valence-corrected chi connectivity index (χ2v) is 8.40. The summed E-state index contributed by atoms with van der Waals surface area (Å²) in [5.41, 5.74) is 3.12. The zero-order valence-electron chi connectivity index (χ0n) is 14.5. The van der Waals surface area contributed by atoms with E-state index in [0.29, 0.717) is 0 Å². The number of ether oxygens (including phenoxy) is 1. The number of benzene rings is 2. The average Bonchev–Trinajstić information content (AvgIpc) is 2.55. The maximum Gasteiger partial charge on any atom is 0.576 e. The number of rotatable bonds is 5. The van der Waals surface area contributed by atoms with Crippen LogP contribution in [0.1, 0.15) is 25.1 Å². The van der Waals surface area contributed by atoms with Gasteiger partial charge in [0.25, 0.3) is 0 Å². The van der Waals surface area contributed by atoms with Crippen LogP contribution in [0, 0.1) is 13.8 Å². The van der Waals surface area contributed by atoms with Crippen LogP contribution in [0.25, 0.3) is 10.9 Å². The van der Waals surface area contributed by atoms with Crippen LogP contribution in [0.4, 0.5) is 0 Å². The van der Waals surface area contributed by atoms with Crippen molar-refractivity contribution >= 4 is 26.5 Å². The molecule has 3 nitrogen and oxygen atoms in total. The molecule has 1 heterocycles. The topological polar surface area (TPSA) is 31.4 Å². The summed E-state index contributed by atoms with van der Waals surface area (Å²) in [5.74, 6) is 1.69. The smallest absolute Gasteiger partial charge is 0.576 e. The fourth-order valence-corrected chi connectivity index (χ4v) is 3.19. The van der Waals surface area contributed by atoms with Crippen LogP contribution in [0.5, 0.6) is 11.5 Å². The molecule has 3 rings (SSSR count). The first-order valence-corrected chi connectivity index (χ1v) is 9.11. The molecule has 0 aliphatic carbocycles. The van der Waals surface area contributed by atoms with Gasteiger partial charge in [0.1, 0.15) is 11.3 Å². The molecule has 0 N–H and O–H groups in total. The van der Waals surface area contributed by atoms with Crippen molar-refractivity contribution in [3.05, 3.63) is 65.9 Å². The molecule has 4 heteroatoms. The second kappa shape index (κ2) is 6.85. The van der Waals surface area contributed by atoms with Crippen molar-refractivity contribution in [3.8, 4) is 11.5 Å². The molecular weight excluding hydrogens is 313 g/mol. The number of hydrogen-bond donors (Lipinski definition) is 0. The lowest BCUT2D eigenvalue weighted by atomic mass is 10.2. The lowest BCUT2D eigenvalue weighted by molar-refractivity contribution is 0.183. The minimum absolute atomic E-state index is 0.382. The van der Waals surface area contributed by atoms with Crippen molar-refractivity contribution in [2.24, 2.45) is 0 Å². The van der Waals surface area contributed by atoms with Crippen LogP contribution in [-0.4, -0.2) is 25.0 Å². The fraction of sp³-hybridized carbons (Fsp3) is 0.250. The zero-order chi connectivity index (χ0) is 17.2. The van der Waals surface area contributed by atoms with Gasteiger partial charge in [0.15, 0.2) is 0 Å². The lowest BCUT2D eigenvalue weighted by Crippen LogP contribution is -2.39. The summed E-state index contributed by atoms with van der Waals surface area (Å²) in [4.78, 5) is 4.63. The van der Waals surface area contributed by atoms with Crippen molar-refractivity contribution in [3.63, 3.8) is 0 Å². The number of aromatic nitrogens is 1. The van der Waals surface area contributed by atoms with Crippen LogP contribution in [0.3, 0.4) is 0 Å². The van der Waals surface area contributed by atoms with E-state index in [0.717, 1.165) is 28.1 Å². The van der Waals surface area contributed by atoms with Gasteiger partial charge in [-0.25, -0.2) is 4.98 Å². The van der Waals surface area contributed by atoms with E-state index in [-0.39, 0.29) is 20.0 Å². The van der Waals surface area contributed by atoms with Crippen LogP contribution < -0.4 is 8.53 Å². The Morgan fingerprint density at radius 2 is 1.67 bits per heavy atom. The maximum atomic E-state index is 6.27. The first kappa shape index (κ1) is 16.8. The van der Waals surface area contributed by atoms with E-state index >= 15 is 0 Å². The summed E-state index contributed by atoms with van der Waals surface area (Å²) < 4.78 is 11.9. The van der Waals surface area contributed by atoms with E-state index in [1.165, 1.54) is 5.56 Å². The molecule has 0 unspecified atom stereocenters. The number of hydrogen-bond acceptors (Lipinski definition) is 3. The number of aryl methyl sites for hydroxylation is 2. The summed E-state index contributed by atoms with van der Waals surface area (Å²) in [5, 5.41) is 1.09. The van der Waals surface area contributed by atoms with Gasteiger partial charge in [0.05, 0.1) is 10.2 Å². The van der Waals surface area contributed by atoms with Crippen LogP contribution in [0.2, 0.25) is 0 Å². The molecule has 0 aliphatic rings. The predicted molar refractivity (Wildman–Crippen MR) is 98.7 cm³/mol. The molecule has 1 radical (unpaired) electrons. The highest BCUT2D eigenvalue weighted by Crippen LogP contribution is 2.27. The van der Waals surface area contributed by atoms with Gasteiger partial charge in [0.2, 0.25) is 0 Å². The van der Waals surface area contributed by atoms with E-state index in [2.05, 4.69) is 50.0 Å². The largest absolute Gasteiger partial charge is 0.646 e. The molecule has 3 aromatic rings. The molecule has 2 aromatic carbocycles. The second-order valence-electron chi connectivity index (χ2n) is 6.53. The Hall–Kier alpha value is -2.02. The van der Waals surface area contributed by atoms with E-state index in [1.54, 1.807) is 0 Å². The molecule has 0 bridgehead atoms. The molecule has 24 heavy (non-hydrogen) atoms. The Kier molecular flexibility index (Phi) is 4.80. The monoisotopic (exact) mass is 334 g/mol. The summed E-state index contributed by atoms with van der Waals surface area (Å²) in [6.45, 7) is 8.18. The molecule has 0 saturated carbocycles. The van der Waals surface area contributed by atoms with E-state index in [1.807, 2.05) is 37.3 Å². The highest BCUT2D eigenvalue weighted by Gasteiger charge is 2.28. The normalized spacial score (nSPS) is 11.3. The minimum Gasteiger partial charge on any atom is -0.646 e. The molecule has 0 aliphatic heterocycles. The number of fused-ring (bicyclic) bond motifs is 1. The van der Waals surface area contributed by atoms with Crippen molar-refractivity contribution in [2.75, 3.05) is 0 Å². The van der Waals surface area contributed by atoms with Crippen molar-refractivity contribution < 1.29 is 8.53 Å². The summed E-state index contributed by atoms with van der Waals surface area (Å²) in [6, 6.07) is 18.2. The summed E-state index contributed by atoms with van der Waals surface area (Å²) >= 11 is -0.382. The minimum atomic E-state index is -0.384. The SMILES string of the molecule is Cc1ccc([O][Al][C](C)(C)Oc2cccc3ccc(C)nc23)cc1. The zero-order valence-corrected chi connectivity index (χ0v) is 15.7. The maximum absolute atomic E-state index is 6.27. The van der Waals surface area contributed by atoms with Crippen LogP contribution >= 0.6 is 0 Å². The highest BCUT2D eigenvalue weighted by molar-refractivity contribution is 6.32. The molecule has 1 aromatic heterocycles. The summed E-state index contributed by atoms with van der Waals surface area (Å²) in [7, 11) is 0. The third-order valence-electron chi connectivity index (χ3n) is 3.70. The first-order valence-electron chi connectivity index (χ1n) is 8.06. The molecular formula is C20H21AlNO2. The van der Waals surface area contributed by atoms with Gasteiger partial charge in [-0.05, 0) is 52.0 Å². The molecule has 0 amide bonds. The quantitative estimate of drug-likeness (QED) is 0.636. The van der Waals surface area contributed by atoms with E-state index in [9.17, 15) is 0 Å². The summed E-state index contributed by atoms with van der Waals surface area (Å²) in [6.07, 6.45) is 0. The molecule has 0 atom stereocenters. The van der Waals surface area contributed by atoms with Gasteiger partial charge in [0, 0.05) is 11.1 Å². The third kappa shape index (κ3) is 4.09. The number of pyridine rings is 1. The van der Waals surface area contributed by atoms with Gasteiger partial charge in [-0.15, -0.1) is 0 Å². The van der Waals surface area contributed by atoms with Crippen LogP contribution in [-0.2, 0) is 0 Å². The van der Waals surface area contributed by atoms with E-state index in [4.69, 9.17) is 8.53 Å². The fourth-order valence-electron chi connectivity index (χ4n) is 2.43. The van der Waals surface area contributed by atoms with Gasteiger partial charge < -0.3 is 8.53 Å². The van der Waals surface area contributed by atoms with Gasteiger partial charge in [-0.3, -0.25) is 0 Å². The Labute approximate surface area is 149 Å². The van der Waals surface area contributed by atoms with Gasteiger partial charge in [-0.1, -0.05) is 35.9 Å². The number of nitrogens with zero attached hydrogens (tertiary/aromatic N) is 1. The van der Waals surface area contributed by atoms with Gasteiger partial charge >= 0.3 is 15.6 Å². The van der Waals surface area contributed by atoms with Gasteiger partial charge in [-0.2, -0.15) is 0 Å². The van der Waals surface area contributed by atoms with Crippen molar-refractivity contribution in [1.29, 1.82) is 0 Å². The van der Waals surface area contributed by atoms with E-state index < -0.39 is 0 Å². The van der Waals surface area contributed by atoms with Crippen molar-refractivity contribution in [2.45, 2.75) is 32.2 Å². The Bertz CT molecular complexity index is 844. The molecule has 0 saturated heterocycles. The number of para-hydroxylation sites is 1. The highest BCUT2D eigenvalue weighted by atomic mass is 27.1. The Morgan fingerprint density at radius 1 is 0.917 bits per heavy atom. The molecule has 0 fully saturated rings. The third-order valence-corrected chi connectivity index (χ3v) is 4.77. The van der Waals surface area contributed by atoms with Crippen LogP contribution in [0.15, 0.2) is 54.6 Å². The standard InChI is InChI=1S/C13H14NO.C7H8O.Al/c1-9(2)15-12-6-4-5-11-8-7-10(3)14-13(11)12;1-6-2-4-7(8)5-3-6;/h4-8H,1-3H3;2-5,8H,1H3;/q;;+1/p-1. The predicted octanol–water partition coefficient (Wildman–Crippen LogP) is 4.66. The molecule has 121 valence electrons. The molecule has 0 spiro atoms. The lowest BCUT2D eigenvalue weighted by Gasteiger charge is -2.25. The first-order chi connectivity index (χ1) is 11.4.